The fraction of sp³-hybridized carbons (Fsp3) is 0.179. The number of hydrogen-bond donors (Lipinski definition) is 1. The lowest BCUT2D eigenvalue weighted by atomic mass is 10.1. The van der Waals surface area contributed by atoms with Crippen molar-refractivity contribution in [3.05, 3.63) is 107 Å². The molecule has 8 heteroatoms. The Kier molecular flexibility index (Phi) is 8.08. The highest BCUT2D eigenvalue weighted by Crippen LogP contribution is 2.23. The monoisotopic (exact) mass is 488 g/mol. The molecule has 4 rings (SSSR count). The van der Waals surface area contributed by atoms with Gasteiger partial charge in [0.05, 0.1) is 12.1 Å². The van der Waals surface area contributed by atoms with Crippen molar-refractivity contribution >= 4 is 11.7 Å². The molecule has 0 amide bonds. The minimum Gasteiger partial charge on any atom is -0.487 e. The molecule has 4 aromatic rings. The molecule has 0 radical (unpaired) electrons. The summed E-state index contributed by atoms with van der Waals surface area (Å²) in [6, 6.07) is 22.7. The average molecular weight is 489 g/mol. The first kappa shape index (κ1) is 24.7. The number of hydrogen-bond acceptors (Lipinski definition) is 6. The minimum atomic E-state index is -0.947. The highest BCUT2D eigenvalue weighted by atomic mass is 19.1. The molecule has 0 aliphatic rings. The zero-order chi connectivity index (χ0) is 25.3. The standard InChI is InChI=1S/C28H25FN2O5/c1-19-26(30-28(36-19)22-5-3-2-4-6-22)18-34-24-13-7-20(8-14-24)17-35-31-25(15-16-27(32)33)21-9-11-23(29)12-10-21/h2-14H,15-18H2,1H3,(H,32,33)/b31-25-. The second kappa shape index (κ2) is 11.8. The zero-order valence-electron chi connectivity index (χ0n) is 19.7. The first-order valence-electron chi connectivity index (χ1n) is 11.4. The topological polar surface area (TPSA) is 94.2 Å². The third kappa shape index (κ3) is 6.79. The SMILES string of the molecule is Cc1oc(-c2ccccc2)nc1COc1ccc(CO/N=C(/CCC(=O)O)c2ccc(F)cc2)cc1. The van der Waals surface area contributed by atoms with Crippen LogP contribution in [0.15, 0.2) is 88.4 Å². The summed E-state index contributed by atoms with van der Waals surface area (Å²) in [6.07, 6.45) is 0.0602. The Hall–Kier alpha value is -4.46. The maximum Gasteiger partial charge on any atom is 0.303 e. The van der Waals surface area contributed by atoms with Gasteiger partial charge < -0.3 is 19.1 Å². The molecule has 0 atom stereocenters. The fourth-order valence-corrected chi connectivity index (χ4v) is 3.39. The van der Waals surface area contributed by atoms with Gasteiger partial charge in [-0.25, -0.2) is 9.37 Å². The van der Waals surface area contributed by atoms with Crippen LogP contribution in [-0.2, 0) is 22.8 Å². The third-order valence-electron chi connectivity index (χ3n) is 5.37. The Bertz CT molecular complexity index is 1320. The van der Waals surface area contributed by atoms with Crippen LogP contribution in [-0.4, -0.2) is 21.8 Å². The first-order chi connectivity index (χ1) is 17.5. The number of aryl methyl sites for hydroxylation is 1. The lowest BCUT2D eigenvalue weighted by Gasteiger charge is -2.08. The number of rotatable bonds is 11. The highest BCUT2D eigenvalue weighted by molar-refractivity contribution is 6.01. The molecule has 0 fully saturated rings. The molecular weight excluding hydrogens is 463 g/mol. The third-order valence-corrected chi connectivity index (χ3v) is 5.37. The predicted molar refractivity (Wildman–Crippen MR) is 132 cm³/mol. The number of aromatic nitrogens is 1. The van der Waals surface area contributed by atoms with Crippen LogP contribution in [0.25, 0.3) is 11.5 Å². The molecule has 1 aromatic heterocycles. The highest BCUT2D eigenvalue weighted by Gasteiger charge is 2.12. The van der Waals surface area contributed by atoms with E-state index < -0.39 is 5.97 Å². The van der Waals surface area contributed by atoms with Gasteiger partial charge in [0, 0.05) is 12.0 Å². The molecule has 0 aliphatic heterocycles. The fourth-order valence-electron chi connectivity index (χ4n) is 3.39. The lowest BCUT2D eigenvalue weighted by molar-refractivity contribution is -0.136. The summed E-state index contributed by atoms with van der Waals surface area (Å²) in [5.41, 5.74) is 3.54. The summed E-state index contributed by atoms with van der Waals surface area (Å²) in [6.45, 7) is 2.31. The Morgan fingerprint density at radius 3 is 2.39 bits per heavy atom. The van der Waals surface area contributed by atoms with Crippen molar-refractivity contribution in [2.24, 2.45) is 5.16 Å². The van der Waals surface area contributed by atoms with Crippen molar-refractivity contribution in [1.82, 2.24) is 4.98 Å². The normalized spacial score (nSPS) is 11.3. The van der Waals surface area contributed by atoms with Gasteiger partial charge in [-0.1, -0.05) is 47.6 Å². The van der Waals surface area contributed by atoms with Crippen LogP contribution in [0.2, 0.25) is 0 Å². The molecule has 184 valence electrons. The summed E-state index contributed by atoms with van der Waals surface area (Å²) >= 11 is 0. The molecule has 1 heterocycles. The summed E-state index contributed by atoms with van der Waals surface area (Å²) < 4.78 is 24.9. The number of halogens is 1. The number of nitrogens with zero attached hydrogens (tertiary/aromatic N) is 2. The molecule has 0 saturated heterocycles. The van der Waals surface area contributed by atoms with Crippen LogP contribution in [0.1, 0.15) is 35.4 Å². The number of ether oxygens (including phenoxy) is 1. The van der Waals surface area contributed by atoms with Crippen molar-refractivity contribution in [2.75, 3.05) is 0 Å². The number of oxime groups is 1. The first-order valence-corrected chi connectivity index (χ1v) is 11.4. The largest absolute Gasteiger partial charge is 0.487 e. The summed E-state index contributed by atoms with van der Waals surface area (Å²) in [4.78, 5) is 21.0. The van der Waals surface area contributed by atoms with E-state index in [-0.39, 0.29) is 31.9 Å². The van der Waals surface area contributed by atoms with Crippen molar-refractivity contribution in [3.8, 4) is 17.2 Å². The van der Waals surface area contributed by atoms with Crippen molar-refractivity contribution in [3.63, 3.8) is 0 Å². The summed E-state index contributed by atoms with van der Waals surface area (Å²) in [5.74, 6) is 0.603. The van der Waals surface area contributed by atoms with Gasteiger partial charge >= 0.3 is 5.97 Å². The van der Waals surface area contributed by atoms with Gasteiger partial charge in [-0.05, 0) is 54.4 Å². The Morgan fingerprint density at radius 1 is 0.972 bits per heavy atom. The molecule has 0 aliphatic carbocycles. The van der Waals surface area contributed by atoms with E-state index in [2.05, 4.69) is 10.1 Å². The van der Waals surface area contributed by atoms with E-state index in [4.69, 9.17) is 19.1 Å². The van der Waals surface area contributed by atoms with Gasteiger partial charge in [-0.3, -0.25) is 4.79 Å². The summed E-state index contributed by atoms with van der Waals surface area (Å²) in [7, 11) is 0. The molecule has 1 N–H and O–H groups in total. The number of carbonyl (C=O) groups is 1. The number of carboxylic acid groups (broad SMARTS) is 1. The minimum absolute atomic E-state index is 0.108. The van der Waals surface area contributed by atoms with Gasteiger partial charge in [0.1, 0.15) is 36.2 Å². The average Bonchev–Trinajstić information content (AvgIpc) is 3.27. The van der Waals surface area contributed by atoms with E-state index in [1.54, 1.807) is 12.1 Å². The molecular formula is C28H25FN2O5. The second-order valence-electron chi connectivity index (χ2n) is 8.03. The van der Waals surface area contributed by atoms with E-state index in [1.165, 1.54) is 12.1 Å². The van der Waals surface area contributed by atoms with Crippen molar-refractivity contribution < 1.29 is 28.3 Å². The quantitative estimate of drug-likeness (QED) is 0.201. The van der Waals surface area contributed by atoms with Crippen LogP contribution in [0, 0.1) is 12.7 Å². The van der Waals surface area contributed by atoms with E-state index in [0.29, 0.717) is 28.7 Å². The number of benzene rings is 3. The predicted octanol–water partition coefficient (Wildman–Crippen LogP) is 6.15. The smallest absolute Gasteiger partial charge is 0.303 e. The van der Waals surface area contributed by atoms with Gasteiger partial charge in [0.15, 0.2) is 0 Å². The van der Waals surface area contributed by atoms with Crippen LogP contribution in [0.5, 0.6) is 5.75 Å². The molecule has 0 spiro atoms. The molecule has 0 saturated carbocycles. The molecule has 0 unspecified atom stereocenters. The van der Waals surface area contributed by atoms with Crippen LogP contribution in [0.3, 0.4) is 0 Å². The van der Waals surface area contributed by atoms with Crippen molar-refractivity contribution in [2.45, 2.75) is 33.0 Å². The van der Waals surface area contributed by atoms with E-state index in [1.807, 2.05) is 61.5 Å². The van der Waals surface area contributed by atoms with Crippen LogP contribution < -0.4 is 4.74 Å². The van der Waals surface area contributed by atoms with Crippen LogP contribution >= 0.6 is 0 Å². The maximum atomic E-state index is 13.2. The molecule has 0 bridgehead atoms. The zero-order valence-corrected chi connectivity index (χ0v) is 19.7. The van der Waals surface area contributed by atoms with Crippen molar-refractivity contribution in [1.29, 1.82) is 0 Å². The molecule has 7 nitrogen and oxygen atoms in total. The Labute approximate surface area is 207 Å². The maximum absolute atomic E-state index is 13.2. The van der Waals surface area contributed by atoms with Crippen LogP contribution in [0.4, 0.5) is 4.39 Å². The van der Waals surface area contributed by atoms with Gasteiger partial charge in [-0.15, -0.1) is 0 Å². The molecule has 36 heavy (non-hydrogen) atoms. The summed E-state index contributed by atoms with van der Waals surface area (Å²) in [5, 5.41) is 13.1. The Balaban J connectivity index is 1.33. The van der Waals surface area contributed by atoms with Gasteiger partial charge in [-0.2, -0.15) is 0 Å². The Morgan fingerprint density at radius 2 is 1.69 bits per heavy atom. The number of aliphatic carboxylic acids is 1. The van der Waals surface area contributed by atoms with E-state index in [0.717, 1.165) is 16.8 Å². The number of carboxylic acids is 1. The molecule has 3 aromatic carbocycles. The van der Waals surface area contributed by atoms with Gasteiger partial charge in [0.2, 0.25) is 5.89 Å². The number of oxazole rings is 1. The lowest BCUT2D eigenvalue weighted by Crippen LogP contribution is -2.06. The van der Waals surface area contributed by atoms with Gasteiger partial charge in [0.25, 0.3) is 0 Å². The van der Waals surface area contributed by atoms with E-state index >= 15 is 0 Å². The van der Waals surface area contributed by atoms with E-state index in [9.17, 15) is 9.18 Å². The second-order valence-corrected chi connectivity index (χ2v) is 8.03.